The van der Waals surface area contributed by atoms with Crippen molar-refractivity contribution < 1.29 is 9.90 Å². The Balaban J connectivity index is 2.29. The zero-order valence-corrected chi connectivity index (χ0v) is 11.3. The lowest BCUT2D eigenvalue weighted by Gasteiger charge is -2.05. The maximum absolute atomic E-state index is 11.1. The first-order valence-electron chi connectivity index (χ1n) is 6.67. The van der Waals surface area contributed by atoms with Crippen LogP contribution in [0.1, 0.15) is 29.3 Å². The van der Waals surface area contributed by atoms with Gasteiger partial charge in [-0.2, -0.15) is 0 Å². The minimum atomic E-state index is -0.767. The van der Waals surface area contributed by atoms with E-state index in [-0.39, 0.29) is 6.42 Å². The topological polar surface area (TPSA) is 54.3 Å². The number of aryl methyl sites for hydroxylation is 1. The van der Waals surface area contributed by atoms with Crippen LogP contribution in [0.15, 0.2) is 12.1 Å². The van der Waals surface area contributed by atoms with Gasteiger partial charge in [0.1, 0.15) is 0 Å². The molecule has 1 aromatic heterocycles. The molecule has 2 aromatic rings. The van der Waals surface area contributed by atoms with Crippen LogP contribution in [-0.4, -0.2) is 15.6 Å². The van der Waals surface area contributed by atoms with Gasteiger partial charge in [-0.05, 0) is 42.7 Å². The van der Waals surface area contributed by atoms with Crippen molar-refractivity contribution in [3.63, 3.8) is 0 Å². The number of hydrogen-bond donors (Lipinski definition) is 2. The Hall–Kier alpha value is -1.81. The molecule has 4 heteroatoms. The average Bonchev–Trinajstić information content (AvgIpc) is 2.91. The van der Waals surface area contributed by atoms with Crippen molar-refractivity contribution in [2.24, 2.45) is 0 Å². The number of carboxylic acid groups (broad SMARTS) is 1. The first kappa shape index (κ1) is 12.2. The number of nitrogens with zero attached hydrogens (tertiary/aromatic N) is 1. The first-order valence-corrected chi connectivity index (χ1v) is 6.67. The summed E-state index contributed by atoms with van der Waals surface area (Å²) in [5.41, 5.74) is 5.84. The lowest BCUT2D eigenvalue weighted by atomic mass is 10.0. The van der Waals surface area contributed by atoms with Crippen LogP contribution in [0.4, 0.5) is 0 Å². The molecule has 2 N–H and O–H groups in total. The quantitative estimate of drug-likeness (QED) is 0.887. The van der Waals surface area contributed by atoms with E-state index in [0.29, 0.717) is 0 Å². The second-order valence-electron chi connectivity index (χ2n) is 5.12. The minimum Gasteiger partial charge on any atom is -0.481 e. The molecule has 0 fully saturated rings. The predicted molar refractivity (Wildman–Crippen MR) is 74.2 cm³/mol. The van der Waals surface area contributed by atoms with Crippen LogP contribution in [0.5, 0.6) is 0 Å². The molecule has 0 saturated heterocycles. The van der Waals surface area contributed by atoms with Crippen molar-refractivity contribution in [3.05, 3.63) is 34.5 Å². The monoisotopic (exact) mass is 258 g/mol. The number of hydrogen-bond acceptors (Lipinski definition) is 2. The number of fused-ring (bicyclic) bond motifs is 2. The number of carbonyl (C=O) groups is 1. The number of nitrogens with one attached hydrogen (secondary N) is 1. The molecule has 4 nitrogen and oxygen atoms in total. The van der Waals surface area contributed by atoms with Gasteiger partial charge in [-0.25, -0.2) is 0 Å². The van der Waals surface area contributed by atoms with E-state index in [9.17, 15) is 4.79 Å². The van der Waals surface area contributed by atoms with E-state index in [0.717, 1.165) is 36.3 Å². The Kier molecular flexibility index (Phi) is 2.82. The summed E-state index contributed by atoms with van der Waals surface area (Å²) >= 11 is 0. The smallest absolute Gasteiger partial charge is 0.307 e. The van der Waals surface area contributed by atoms with Crippen molar-refractivity contribution in [2.45, 2.75) is 39.9 Å². The fraction of sp³-hybridized carbons (Fsp3) is 0.400. The number of benzene rings is 1. The van der Waals surface area contributed by atoms with Gasteiger partial charge < -0.3 is 15.0 Å². The summed E-state index contributed by atoms with van der Waals surface area (Å²) in [7, 11) is 0. The fourth-order valence-corrected chi connectivity index (χ4v) is 3.12. The Morgan fingerprint density at radius 3 is 2.68 bits per heavy atom. The van der Waals surface area contributed by atoms with Gasteiger partial charge in [0.15, 0.2) is 0 Å². The highest BCUT2D eigenvalue weighted by Crippen LogP contribution is 2.31. The molecule has 1 aliphatic rings. The summed E-state index contributed by atoms with van der Waals surface area (Å²) in [6, 6.07) is 4.38. The summed E-state index contributed by atoms with van der Waals surface area (Å²) in [5.74, 6) is -0.767. The van der Waals surface area contributed by atoms with Crippen molar-refractivity contribution >= 4 is 16.9 Å². The van der Waals surface area contributed by atoms with Crippen LogP contribution >= 0.6 is 0 Å². The van der Waals surface area contributed by atoms with Crippen molar-refractivity contribution in [1.82, 2.24) is 9.88 Å². The molecule has 3 rings (SSSR count). The Bertz CT molecular complexity index is 671. The third-order valence-electron chi connectivity index (χ3n) is 4.05. The van der Waals surface area contributed by atoms with Gasteiger partial charge in [0.2, 0.25) is 0 Å². The van der Waals surface area contributed by atoms with Crippen LogP contribution in [0.2, 0.25) is 0 Å². The normalized spacial score (nSPS) is 14.0. The molecule has 2 heterocycles. The van der Waals surface area contributed by atoms with E-state index in [2.05, 4.69) is 28.9 Å². The molecule has 0 radical (unpaired) electrons. The Labute approximate surface area is 112 Å². The predicted octanol–water partition coefficient (Wildman–Crippen LogP) is 2.20. The standard InChI is InChI=1S/C15H18N2O2/c1-3-17-9(2)12(6-15(18)19)13-4-10-7-16-8-11(10)5-14(13)17/h4-5,16H,3,6-8H2,1-2H3,(H,18,19). The van der Waals surface area contributed by atoms with E-state index in [1.165, 1.54) is 16.6 Å². The molecule has 19 heavy (non-hydrogen) atoms. The van der Waals surface area contributed by atoms with Crippen LogP contribution in [-0.2, 0) is 30.8 Å². The molecule has 1 aliphatic heterocycles. The maximum atomic E-state index is 11.1. The third kappa shape index (κ3) is 1.83. The molecule has 0 saturated carbocycles. The van der Waals surface area contributed by atoms with E-state index in [4.69, 9.17) is 5.11 Å². The van der Waals surface area contributed by atoms with Crippen LogP contribution in [0, 0.1) is 6.92 Å². The van der Waals surface area contributed by atoms with Crippen LogP contribution in [0.3, 0.4) is 0 Å². The largest absolute Gasteiger partial charge is 0.481 e. The number of carboxylic acids is 1. The minimum absolute atomic E-state index is 0.0988. The highest BCUT2D eigenvalue weighted by Gasteiger charge is 2.19. The Morgan fingerprint density at radius 2 is 2.05 bits per heavy atom. The molecule has 0 bridgehead atoms. The van der Waals surface area contributed by atoms with Gasteiger partial charge in [0.25, 0.3) is 0 Å². The summed E-state index contributed by atoms with van der Waals surface area (Å²) in [6.07, 6.45) is 0.0988. The molecule has 0 spiro atoms. The summed E-state index contributed by atoms with van der Waals surface area (Å²) < 4.78 is 2.21. The van der Waals surface area contributed by atoms with Crippen molar-refractivity contribution in [2.75, 3.05) is 0 Å². The molecule has 1 aromatic carbocycles. The number of aliphatic carboxylic acids is 1. The third-order valence-corrected chi connectivity index (χ3v) is 4.05. The average molecular weight is 258 g/mol. The summed E-state index contributed by atoms with van der Waals surface area (Å²) in [6.45, 7) is 6.78. The van der Waals surface area contributed by atoms with Gasteiger partial charge in [0.05, 0.1) is 6.42 Å². The summed E-state index contributed by atoms with van der Waals surface area (Å²) in [5, 5.41) is 13.5. The SMILES string of the molecule is CCn1c(C)c(CC(=O)O)c2cc3c(cc21)CNC3. The molecular formula is C15H18N2O2. The molecule has 0 amide bonds. The van der Waals surface area contributed by atoms with Gasteiger partial charge in [-0.15, -0.1) is 0 Å². The first-order chi connectivity index (χ1) is 9.11. The number of aromatic nitrogens is 1. The Morgan fingerprint density at radius 1 is 1.37 bits per heavy atom. The van der Waals surface area contributed by atoms with Crippen molar-refractivity contribution in [1.29, 1.82) is 0 Å². The van der Waals surface area contributed by atoms with Gasteiger partial charge in [0, 0.05) is 36.2 Å². The molecule has 100 valence electrons. The van der Waals surface area contributed by atoms with Crippen LogP contribution < -0.4 is 5.32 Å². The summed E-state index contributed by atoms with van der Waals surface area (Å²) in [4.78, 5) is 11.1. The van der Waals surface area contributed by atoms with Gasteiger partial charge >= 0.3 is 5.97 Å². The van der Waals surface area contributed by atoms with E-state index in [1.807, 2.05) is 6.92 Å². The number of rotatable bonds is 3. The highest BCUT2D eigenvalue weighted by atomic mass is 16.4. The lowest BCUT2D eigenvalue weighted by Crippen LogP contribution is -2.03. The highest BCUT2D eigenvalue weighted by molar-refractivity contribution is 5.90. The molecule has 0 atom stereocenters. The second-order valence-corrected chi connectivity index (χ2v) is 5.12. The van der Waals surface area contributed by atoms with Gasteiger partial charge in [-0.3, -0.25) is 4.79 Å². The van der Waals surface area contributed by atoms with E-state index >= 15 is 0 Å². The van der Waals surface area contributed by atoms with Crippen LogP contribution in [0.25, 0.3) is 10.9 Å². The maximum Gasteiger partial charge on any atom is 0.307 e. The lowest BCUT2D eigenvalue weighted by molar-refractivity contribution is -0.136. The second kappa shape index (κ2) is 4.38. The van der Waals surface area contributed by atoms with E-state index < -0.39 is 5.97 Å². The van der Waals surface area contributed by atoms with Crippen molar-refractivity contribution in [3.8, 4) is 0 Å². The zero-order chi connectivity index (χ0) is 13.6. The van der Waals surface area contributed by atoms with Gasteiger partial charge in [-0.1, -0.05) is 0 Å². The molecule has 0 aliphatic carbocycles. The fourth-order valence-electron chi connectivity index (χ4n) is 3.12. The zero-order valence-electron chi connectivity index (χ0n) is 11.3. The molecule has 0 unspecified atom stereocenters. The van der Waals surface area contributed by atoms with E-state index in [1.54, 1.807) is 0 Å². The molecular weight excluding hydrogens is 240 g/mol.